The molecule has 0 saturated carbocycles. The maximum Gasteiger partial charge on any atom is 0.415 e. The molecule has 1 aromatic carbocycles. The number of hydrogen-bond acceptors (Lipinski definition) is 3. The summed E-state index contributed by atoms with van der Waals surface area (Å²) in [5.74, 6) is -1.02. The second-order valence-electron chi connectivity index (χ2n) is 6.17. The number of hydrogen-bond donors (Lipinski definition) is 1. The molecule has 1 amide bonds. The molecule has 0 aromatic heterocycles. The smallest absolute Gasteiger partial charge is 0.415 e. The molecule has 1 heterocycles. The van der Waals surface area contributed by atoms with Crippen LogP contribution in [0.4, 0.5) is 10.5 Å². The van der Waals surface area contributed by atoms with Crippen molar-refractivity contribution in [2.75, 3.05) is 11.5 Å². The fourth-order valence-electron chi connectivity index (χ4n) is 2.16. The van der Waals surface area contributed by atoms with Crippen molar-refractivity contribution in [1.82, 2.24) is 0 Å². The van der Waals surface area contributed by atoms with Crippen molar-refractivity contribution in [2.45, 2.75) is 33.2 Å². The minimum absolute atomic E-state index is 0.159. The number of ether oxygens (including phenoxy) is 1. The van der Waals surface area contributed by atoms with Crippen molar-refractivity contribution in [1.29, 1.82) is 0 Å². The lowest BCUT2D eigenvalue weighted by Crippen LogP contribution is -2.43. The highest BCUT2D eigenvalue weighted by atomic mass is 16.6. The summed E-state index contributed by atoms with van der Waals surface area (Å²) in [6, 6.07) is 6.31. The first-order chi connectivity index (χ1) is 9.29. The van der Waals surface area contributed by atoms with E-state index in [4.69, 9.17) is 4.74 Å². The highest BCUT2D eigenvalue weighted by Gasteiger charge is 2.39. The average molecular weight is 277 g/mol. The molecule has 1 aliphatic heterocycles. The van der Waals surface area contributed by atoms with Crippen LogP contribution in [0.1, 0.15) is 26.3 Å². The van der Waals surface area contributed by atoms with Gasteiger partial charge >= 0.3 is 12.1 Å². The summed E-state index contributed by atoms with van der Waals surface area (Å²) >= 11 is 0. The van der Waals surface area contributed by atoms with Gasteiger partial charge in [-0.05, 0) is 17.0 Å². The highest BCUT2D eigenvalue weighted by molar-refractivity contribution is 5.98. The largest absolute Gasteiger partial charge is 0.480 e. The van der Waals surface area contributed by atoms with Gasteiger partial charge in [-0.25, -0.2) is 9.59 Å². The summed E-state index contributed by atoms with van der Waals surface area (Å²) < 4.78 is 5.25. The van der Waals surface area contributed by atoms with Gasteiger partial charge in [-0.3, -0.25) is 4.90 Å². The van der Waals surface area contributed by atoms with Crippen LogP contribution in [0.25, 0.3) is 0 Å². The molecule has 0 fully saturated rings. The van der Waals surface area contributed by atoms with E-state index in [9.17, 15) is 14.7 Å². The number of rotatable bonds is 2. The first kappa shape index (κ1) is 14.4. The Morgan fingerprint density at radius 2 is 2.00 bits per heavy atom. The zero-order valence-electron chi connectivity index (χ0n) is 11.9. The van der Waals surface area contributed by atoms with Crippen LogP contribution in [0.15, 0.2) is 24.3 Å². The number of aliphatic carboxylic acids is 1. The first-order valence-electron chi connectivity index (χ1n) is 6.56. The predicted octanol–water partition coefficient (Wildman–Crippen LogP) is 2.69. The Hall–Kier alpha value is -2.04. The van der Waals surface area contributed by atoms with Crippen LogP contribution >= 0.6 is 0 Å². The third-order valence-corrected chi connectivity index (χ3v) is 3.09. The van der Waals surface area contributed by atoms with E-state index < -0.39 is 18.1 Å². The van der Waals surface area contributed by atoms with E-state index in [0.717, 1.165) is 5.56 Å². The molecule has 1 aliphatic rings. The van der Waals surface area contributed by atoms with E-state index in [-0.39, 0.29) is 12.0 Å². The van der Waals surface area contributed by atoms with E-state index in [1.54, 1.807) is 12.1 Å². The van der Waals surface area contributed by atoms with E-state index in [0.29, 0.717) is 12.1 Å². The van der Waals surface area contributed by atoms with Gasteiger partial charge in [-0.2, -0.15) is 0 Å². The number of carbonyl (C=O) groups excluding carboxylic acids is 1. The molecule has 0 radical (unpaired) electrons. The summed E-state index contributed by atoms with van der Waals surface area (Å²) in [5.41, 5.74) is 1.32. The number of amides is 1. The van der Waals surface area contributed by atoms with Crippen LogP contribution in [0.2, 0.25) is 0 Å². The van der Waals surface area contributed by atoms with Gasteiger partial charge < -0.3 is 9.84 Å². The van der Waals surface area contributed by atoms with Gasteiger partial charge in [0.15, 0.2) is 0 Å². The lowest BCUT2D eigenvalue weighted by atomic mass is 9.99. The van der Waals surface area contributed by atoms with Crippen LogP contribution < -0.4 is 4.90 Å². The van der Waals surface area contributed by atoms with E-state index in [2.05, 4.69) is 0 Å². The van der Waals surface area contributed by atoms with Crippen LogP contribution in [0, 0.1) is 5.41 Å². The Bertz CT molecular complexity index is 533. The third-order valence-electron chi connectivity index (χ3n) is 3.09. The number of fused-ring (bicyclic) bond motifs is 1. The minimum Gasteiger partial charge on any atom is -0.480 e. The van der Waals surface area contributed by atoms with Crippen molar-refractivity contribution in [3.8, 4) is 0 Å². The monoisotopic (exact) mass is 277 g/mol. The lowest BCUT2D eigenvalue weighted by Gasteiger charge is -2.25. The van der Waals surface area contributed by atoms with E-state index in [1.807, 2.05) is 32.9 Å². The number of carboxylic acids is 1. The van der Waals surface area contributed by atoms with Gasteiger partial charge in [0.05, 0.1) is 12.3 Å². The lowest BCUT2D eigenvalue weighted by molar-refractivity contribution is -0.138. The zero-order chi connectivity index (χ0) is 14.9. The first-order valence-corrected chi connectivity index (χ1v) is 6.56. The topological polar surface area (TPSA) is 66.8 Å². The fraction of sp³-hybridized carbons (Fsp3) is 0.467. The second kappa shape index (κ2) is 5.15. The Balaban J connectivity index is 2.22. The van der Waals surface area contributed by atoms with Crippen molar-refractivity contribution in [3.05, 3.63) is 29.8 Å². The van der Waals surface area contributed by atoms with E-state index in [1.165, 1.54) is 4.90 Å². The molecule has 1 atom stereocenters. The van der Waals surface area contributed by atoms with Gasteiger partial charge in [0.2, 0.25) is 0 Å². The molecule has 20 heavy (non-hydrogen) atoms. The summed E-state index contributed by atoms with van der Waals surface area (Å²) in [4.78, 5) is 24.8. The normalized spacial score (nSPS) is 17.8. The molecule has 1 N–H and O–H groups in total. The number of para-hydroxylation sites is 1. The number of anilines is 1. The number of nitrogens with zero attached hydrogens (tertiary/aromatic N) is 1. The standard InChI is InChI=1S/C15H19NO4/c1-15(2,3)9-20-14(19)16-11-7-5-4-6-10(11)8-12(16)13(17)18/h4-7,12H,8-9H2,1-3H3,(H,17,18)/t12-/m1/s1. The molecular weight excluding hydrogens is 258 g/mol. The van der Waals surface area contributed by atoms with Gasteiger partial charge in [0, 0.05) is 6.42 Å². The Morgan fingerprint density at radius 1 is 1.35 bits per heavy atom. The van der Waals surface area contributed by atoms with Gasteiger partial charge in [0.25, 0.3) is 0 Å². The predicted molar refractivity (Wildman–Crippen MR) is 74.9 cm³/mol. The second-order valence-corrected chi connectivity index (χ2v) is 6.17. The quantitative estimate of drug-likeness (QED) is 0.902. The van der Waals surface area contributed by atoms with Crippen LogP contribution in [-0.4, -0.2) is 29.8 Å². The Labute approximate surface area is 118 Å². The molecular formula is C15H19NO4. The molecule has 2 rings (SSSR count). The van der Waals surface area contributed by atoms with Crippen molar-refractivity contribution < 1.29 is 19.4 Å². The minimum atomic E-state index is -1.02. The number of benzene rings is 1. The molecule has 108 valence electrons. The van der Waals surface area contributed by atoms with Crippen LogP contribution in [0.5, 0.6) is 0 Å². The van der Waals surface area contributed by atoms with Crippen molar-refractivity contribution in [3.63, 3.8) is 0 Å². The van der Waals surface area contributed by atoms with Crippen LogP contribution in [0.3, 0.4) is 0 Å². The maximum atomic E-state index is 12.2. The van der Waals surface area contributed by atoms with E-state index >= 15 is 0 Å². The summed E-state index contributed by atoms with van der Waals surface area (Å²) in [6.45, 7) is 6.10. The Kier molecular flexibility index (Phi) is 3.70. The van der Waals surface area contributed by atoms with Gasteiger partial charge in [-0.1, -0.05) is 39.0 Å². The molecule has 1 aromatic rings. The third kappa shape index (κ3) is 2.92. The summed E-state index contributed by atoms with van der Waals surface area (Å²) in [5, 5.41) is 9.28. The molecule has 0 bridgehead atoms. The molecule has 5 heteroatoms. The Morgan fingerprint density at radius 3 is 2.60 bits per heavy atom. The fourth-order valence-corrected chi connectivity index (χ4v) is 2.16. The molecule has 0 unspecified atom stereocenters. The summed E-state index contributed by atoms with van der Waals surface area (Å²) in [7, 11) is 0. The van der Waals surface area contributed by atoms with Gasteiger partial charge in [0.1, 0.15) is 6.04 Å². The number of carbonyl (C=O) groups is 2. The molecule has 0 aliphatic carbocycles. The number of carboxylic acid groups (broad SMARTS) is 1. The van der Waals surface area contributed by atoms with Crippen molar-refractivity contribution in [2.24, 2.45) is 5.41 Å². The average Bonchev–Trinajstić information content (AvgIpc) is 2.74. The molecule has 0 spiro atoms. The zero-order valence-corrected chi connectivity index (χ0v) is 11.9. The SMILES string of the molecule is CC(C)(C)COC(=O)N1c2ccccc2C[C@@H]1C(=O)O. The highest BCUT2D eigenvalue weighted by Crippen LogP contribution is 2.33. The maximum absolute atomic E-state index is 12.2. The summed E-state index contributed by atoms with van der Waals surface area (Å²) in [6.07, 6.45) is -0.284. The molecule has 5 nitrogen and oxygen atoms in total. The van der Waals surface area contributed by atoms with Gasteiger partial charge in [-0.15, -0.1) is 0 Å². The van der Waals surface area contributed by atoms with Crippen molar-refractivity contribution >= 4 is 17.7 Å². The molecule has 0 saturated heterocycles. The van der Waals surface area contributed by atoms with Crippen LogP contribution in [-0.2, 0) is 16.0 Å².